The highest BCUT2D eigenvalue weighted by atomic mass is 32.2. The second-order valence-electron chi connectivity index (χ2n) is 3.44. The van der Waals surface area contributed by atoms with Crippen molar-refractivity contribution in [2.45, 2.75) is 12.2 Å². The van der Waals surface area contributed by atoms with Crippen LogP contribution in [0.15, 0.2) is 24.3 Å². The summed E-state index contributed by atoms with van der Waals surface area (Å²) in [5, 5.41) is 0.390. The number of hydrogen-bond acceptors (Lipinski definition) is 3. The van der Waals surface area contributed by atoms with Gasteiger partial charge < -0.3 is 10.5 Å². The van der Waals surface area contributed by atoms with Gasteiger partial charge in [0.15, 0.2) is 0 Å². The number of thioether (sulfide) groups is 1. The van der Waals surface area contributed by atoms with Gasteiger partial charge >= 0.3 is 0 Å². The van der Waals surface area contributed by atoms with Crippen LogP contribution < -0.4 is 5.73 Å². The molecule has 1 aromatic carbocycles. The largest absolute Gasteiger partial charge is 0.384 e. The summed E-state index contributed by atoms with van der Waals surface area (Å²) in [6.07, 6.45) is 0. The fraction of sp³-hybridized carbons (Fsp3) is 0.500. The molecule has 3 heteroatoms. The van der Waals surface area contributed by atoms with E-state index >= 15 is 0 Å². The summed E-state index contributed by atoms with van der Waals surface area (Å²) in [6.45, 7) is 3.60. The van der Waals surface area contributed by atoms with Crippen LogP contribution >= 0.6 is 11.8 Å². The summed E-state index contributed by atoms with van der Waals surface area (Å²) in [5.74, 6) is 0.993. The smallest absolute Gasteiger partial charge is 0.0553 e. The molecule has 0 amide bonds. The average molecular weight is 225 g/mol. The maximum absolute atomic E-state index is 5.79. The molecule has 1 atom stereocenters. The molecule has 0 spiro atoms. The van der Waals surface area contributed by atoms with E-state index in [-0.39, 0.29) is 0 Å². The number of ether oxygens (including phenoxy) is 1. The van der Waals surface area contributed by atoms with Gasteiger partial charge in [0.05, 0.1) is 6.61 Å². The first-order valence-corrected chi connectivity index (χ1v) is 6.20. The topological polar surface area (TPSA) is 35.2 Å². The van der Waals surface area contributed by atoms with Gasteiger partial charge in [0.25, 0.3) is 0 Å². The molecular weight excluding hydrogens is 206 g/mol. The Morgan fingerprint density at radius 1 is 1.40 bits per heavy atom. The van der Waals surface area contributed by atoms with Gasteiger partial charge in [-0.25, -0.2) is 0 Å². The average Bonchev–Trinajstić information content (AvgIpc) is 2.26. The van der Waals surface area contributed by atoms with Crippen LogP contribution in [0.1, 0.15) is 16.4 Å². The van der Waals surface area contributed by atoms with Gasteiger partial charge in [-0.1, -0.05) is 24.3 Å². The molecule has 0 saturated heterocycles. The molecule has 0 aliphatic heterocycles. The molecule has 84 valence electrons. The van der Waals surface area contributed by atoms with E-state index in [2.05, 4.69) is 31.2 Å². The first-order valence-electron chi connectivity index (χ1n) is 5.15. The van der Waals surface area contributed by atoms with Gasteiger partial charge in [0.2, 0.25) is 0 Å². The fourth-order valence-corrected chi connectivity index (χ4v) is 2.63. The second kappa shape index (κ2) is 6.88. The minimum absolute atomic E-state index is 0.390. The Labute approximate surface area is 96.2 Å². The third-order valence-electron chi connectivity index (χ3n) is 2.36. The number of hydrogen-bond donors (Lipinski definition) is 1. The molecule has 0 aliphatic rings. The van der Waals surface area contributed by atoms with Crippen LogP contribution in [-0.4, -0.2) is 26.0 Å². The molecule has 0 saturated carbocycles. The number of nitrogens with two attached hydrogens (primary N) is 1. The van der Waals surface area contributed by atoms with Crippen molar-refractivity contribution in [3.05, 3.63) is 35.4 Å². The molecule has 2 N–H and O–H groups in total. The monoisotopic (exact) mass is 225 g/mol. The molecule has 1 rings (SSSR count). The van der Waals surface area contributed by atoms with E-state index in [1.54, 1.807) is 7.11 Å². The van der Waals surface area contributed by atoms with Crippen LogP contribution in [0.2, 0.25) is 0 Å². The first-order chi connectivity index (χ1) is 7.29. The molecular formula is C12H19NOS. The van der Waals surface area contributed by atoms with Crippen molar-refractivity contribution in [1.82, 2.24) is 0 Å². The van der Waals surface area contributed by atoms with Crippen LogP contribution in [0.3, 0.4) is 0 Å². The van der Waals surface area contributed by atoms with Gasteiger partial charge in [-0.05, 0) is 18.1 Å². The van der Waals surface area contributed by atoms with E-state index in [1.165, 1.54) is 11.1 Å². The Morgan fingerprint density at radius 3 is 2.73 bits per heavy atom. The highest BCUT2D eigenvalue weighted by Crippen LogP contribution is 2.29. The van der Waals surface area contributed by atoms with Crippen molar-refractivity contribution < 1.29 is 4.74 Å². The predicted octanol–water partition coefficient (Wildman–Crippen LogP) is 2.37. The fourth-order valence-electron chi connectivity index (χ4n) is 1.51. The lowest BCUT2D eigenvalue weighted by atomic mass is 10.1. The summed E-state index contributed by atoms with van der Waals surface area (Å²) in [5.41, 5.74) is 8.46. The van der Waals surface area contributed by atoms with Crippen LogP contribution in [0.25, 0.3) is 0 Å². The minimum atomic E-state index is 0.390. The highest BCUT2D eigenvalue weighted by molar-refractivity contribution is 7.99. The summed E-state index contributed by atoms with van der Waals surface area (Å²) >= 11 is 1.86. The standard InChI is InChI=1S/C12H19NOS/c1-10-5-3-4-6-11(10)12(9-13)15-8-7-14-2/h3-6,12H,7-9,13H2,1-2H3. The Bertz CT molecular complexity index is 291. The normalized spacial score (nSPS) is 12.7. The Hall–Kier alpha value is -0.510. The third kappa shape index (κ3) is 3.86. The maximum atomic E-state index is 5.79. The molecule has 1 aromatic rings. The lowest BCUT2D eigenvalue weighted by Gasteiger charge is -2.16. The van der Waals surface area contributed by atoms with Crippen molar-refractivity contribution in [3.8, 4) is 0 Å². The first kappa shape index (κ1) is 12.6. The van der Waals surface area contributed by atoms with Crippen LogP contribution in [-0.2, 0) is 4.74 Å². The van der Waals surface area contributed by atoms with Crippen LogP contribution in [0.4, 0.5) is 0 Å². The summed E-state index contributed by atoms with van der Waals surface area (Å²) in [7, 11) is 1.73. The van der Waals surface area contributed by atoms with E-state index in [4.69, 9.17) is 10.5 Å². The van der Waals surface area contributed by atoms with Gasteiger partial charge in [0, 0.05) is 24.7 Å². The van der Waals surface area contributed by atoms with Crippen molar-refractivity contribution >= 4 is 11.8 Å². The molecule has 0 fully saturated rings. The molecule has 0 bridgehead atoms. The van der Waals surface area contributed by atoms with E-state index < -0.39 is 0 Å². The lowest BCUT2D eigenvalue weighted by Crippen LogP contribution is -2.12. The van der Waals surface area contributed by atoms with E-state index in [0.717, 1.165) is 12.4 Å². The zero-order valence-corrected chi connectivity index (χ0v) is 10.2. The maximum Gasteiger partial charge on any atom is 0.0553 e. The molecule has 0 aromatic heterocycles. The Morgan fingerprint density at radius 2 is 2.13 bits per heavy atom. The van der Waals surface area contributed by atoms with Crippen LogP contribution in [0, 0.1) is 6.92 Å². The lowest BCUT2D eigenvalue weighted by molar-refractivity contribution is 0.218. The van der Waals surface area contributed by atoms with Crippen molar-refractivity contribution in [1.29, 1.82) is 0 Å². The quantitative estimate of drug-likeness (QED) is 0.755. The van der Waals surface area contributed by atoms with Gasteiger partial charge in [-0.15, -0.1) is 0 Å². The summed E-state index contributed by atoms with van der Waals surface area (Å²) in [4.78, 5) is 0. The molecule has 1 unspecified atom stereocenters. The van der Waals surface area contributed by atoms with Gasteiger partial charge in [-0.3, -0.25) is 0 Å². The van der Waals surface area contributed by atoms with Crippen molar-refractivity contribution in [3.63, 3.8) is 0 Å². The Kier molecular flexibility index (Phi) is 5.76. The minimum Gasteiger partial charge on any atom is -0.384 e. The SMILES string of the molecule is COCCSC(CN)c1ccccc1C. The predicted molar refractivity (Wildman–Crippen MR) is 67.3 cm³/mol. The molecule has 0 aliphatic carbocycles. The van der Waals surface area contributed by atoms with Gasteiger partial charge in [0.1, 0.15) is 0 Å². The highest BCUT2D eigenvalue weighted by Gasteiger charge is 2.11. The molecule has 2 nitrogen and oxygen atoms in total. The molecule has 0 heterocycles. The van der Waals surface area contributed by atoms with Crippen molar-refractivity contribution in [2.75, 3.05) is 26.0 Å². The third-order valence-corrected chi connectivity index (χ3v) is 3.61. The van der Waals surface area contributed by atoms with Gasteiger partial charge in [-0.2, -0.15) is 11.8 Å². The summed E-state index contributed by atoms with van der Waals surface area (Å²) in [6, 6.07) is 8.43. The summed E-state index contributed by atoms with van der Waals surface area (Å²) < 4.78 is 5.04. The zero-order chi connectivity index (χ0) is 11.1. The second-order valence-corrected chi connectivity index (χ2v) is 4.76. The van der Waals surface area contributed by atoms with E-state index in [1.807, 2.05) is 11.8 Å². The van der Waals surface area contributed by atoms with Crippen molar-refractivity contribution in [2.24, 2.45) is 5.73 Å². The number of methoxy groups -OCH3 is 1. The number of rotatable bonds is 6. The molecule has 0 radical (unpaired) electrons. The Balaban J connectivity index is 2.61. The number of aryl methyl sites for hydroxylation is 1. The van der Waals surface area contributed by atoms with E-state index in [0.29, 0.717) is 11.8 Å². The zero-order valence-electron chi connectivity index (χ0n) is 9.40. The van der Waals surface area contributed by atoms with Crippen LogP contribution in [0.5, 0.6) is 0 Å². The van der Waals surface area contributed by atoms with E-state index in [9.17, 15) is 0 Å². The number of benzene rings is 1. The molecule has 15 heavy (non-hydrogen) atoms.